The average molecular weight is 396 g/mol. The molecule has 1 fully saturated rings. The lowest BCUT2D eigenvalue weighted by Gasteiger charge is -2.32. The van der Waals surface area contributed by atoms with Crippen LogP contribution in [-0.4, -0.2) is 48.3 Å². The zero-order valence-corrected chi connectivity index (χ0v) is 15.9. The van der Waals surface area contributed by atoms with Gasteiger partial charge in [-0.15, -0.1) is 0 Å². The lowest BCUT2D eigenvalue weighted by molar-refractivity contribution is -0.917. The summed E-state index contributed by atoms with van der Waals surface area (Å²) in [5.41, 5.74) is 2.35. The number of hydrogen-bond acceptors (Lipinski definition) is 5. The van der Waals surface area contributed by atoms with Gasteiger partial charge in [0.25, 0.3) is 0 Å². The molecule has 2 aliphatic rings. The van der Waals surface area contributed by atoms with Crippen molar-refractivity contribution in [3.63, 3.8) is 0 Å². The fraction of sp³-hybridized carbons (Fsp3) is 0.333. The Morgan fingerprint density at radius 3 is 2.69 bits per heavy atom. The first-order chi connectivity index (χ1) is 14.2. The number of nitrogens with zero attached hydrogens (tertiary/aromatic N) is 2. The number of para-hydroxylation sites is 2. The largest absolute Gasteiger partial charge is 0.454 e. The molecule has 0 atom stereocenters. The highest BCUT2D eigenvalue weighted by atomic mass is 16.7. The molecule has 1 N–H and O–H groups in total. The molecule has 1 aromatic heterocycles. The number of piperazine rings is 1. The van der Waals surface area contributed by atoms with Crippen LogP contribution in [0.25, 0.3) is 11.1 Å². The van der Waals surface area contributed by atoms with Gasteiger partial charge in [-0.05, 0) is 30.3 Å². The maximum absolute atomic E-state index is 12.7. The van der Waals surface area contributed by atoms with Crippen LogP contribution in [0.15, 0.2) is 51.7 Å². The zero-order valence-electron chi connectivity index (χ0n) is 15.9. The number of carbonyl (C=O) groups excluding carboxylic acids is 1. The SMILES string of the molecule is O=C(Cn1c(=O)oc2ccccc21)N1CC[NH+](Cc2ccc3c(c2)OCO3)CC1. The molecule has 0 spiro atoms. The van der Waals surface area contributed by atoms with Gasteiger partial charge in [-0.25, -0.2) is 4.79 Å². The number of rotatable bonds is 4. The molecule has 0 bridgehead atoms. The molecule has 1 saturated heterocycles. The standard InChI is InChI=1S/C21H21N3O5/c25-20(13-24-16-3-1-2-4-17(16)29-21(24)26)23-9-7-22(8-10-23)12-15-5-6-18-19(11-15)28-14-27-18/h1-6,11H,7-10,12-14H2/p+1. The first kappa shape index (κ1) is 17.8. The fourth-order valence-corrected chi connectivity index (χ4v) is 3.99. The number of nitrogens with one attached hydrogen (secondary N) is 1. The monoisotopic (exact) mass is 396 g/mol. The Bertz CT molecular complexity index is 1110. The van der Waals surface area contributed by atoms with E-state index < -0.39 is 5.76 Å². The van der Waals surface area contributed by atoms with Crippen molar-refractivity contribution in [2.45, 2.75) is 13.1 Å². The molecule has 0 aliphatic carbocycles. The number of hydrogen-bond donors (Lipinski definition) is 1. The van der Waals surface area contributed by atoms with Gasteiger partial charge in [-0.1, -0.05) is 12.1 Å². The van der Waals surface area contributed by atoms with E-state index in [1.54, 1.807) is 18.2 Å². The van der Waals surface area contributed by atoms with Crippen LogP contribution in [0, 0.1) is 0 Å². The summed E-state index contributed by atoms with van der Waals surface area (Å²) in [7, 11) is 0. The summed E-state index contributed by atoms with van der Waals surface area (Å²) in [5, 5.41) is 0. The fourth-order valence-electron chi connectivity index (χ4n) is 3.99. The second-order valence-corrected chi connectivity index (χ2v) is 7.42. The minimum atomic E-state index is -0.494. The van der Waals surface area contributed by atoms with Crippen LogP contribution in [0.3, 0.4) is 0 Å². The third kappa shape index (κ3) is 3.47. The Balaban J connectivity index is 1.20. The van der Waals surface area contributed by atoms with Crippen LogP contribution in [0.2, 0.25) is 0 Å². The second kappa shape index (κ2) is 7.29. The topological polar surface area (TPSA) is 78.4 Å². The highest BCUT2D eigenvalue weighted by molar-refractivity contribution is 5.79. The summed E-state index contributed by atoms with van der Waals surface area (Å²) in [6.07, 6.45) is 0. The molecule has 3 aromatic rings. The van der Waals surface area contributed by atoms with Crippen LogP contribution in [0.1, 0.15) is 5.56 Å². The van der Waals surface area contributed by atoms with Crippen molar-refractivity contribution in [3.05, 3.63) is 58.6 Å². The van der Waals surface area contributed by atoms with E-state index in [9.17, 15) is 9.59 Å². The van der Waals surface area contributed by atoms with E-state index in [1.807, 2.05) is 23.1 Å². The van der Waals surface area contributed by atoms with Gasteiger partial charge in [0.15, 0.2) is 17.1 Å². The van der Waals surface area contributed by atoms with Crippen LogP contribution >= 0.6 is 0 Å². The summed E-state index contributed by atoms with van der Waals surface area (Å²) < 4.78 is 17.4. The van der Waals surface area contributed by atoms with Gasteiger partial charge in [-0.2, -0.15) is 0 Å². The van der Waals surface area contributed by atoms with Gasteiger partial charge in [0.05, 0.1) is 31.7 Å². The normalized spacial score (nSPS) is 16.5. The number of carbonyl (C=O) groups is 1. The molecule has 0 unspecified atom stereocenters. The summed E-state index contributed by atoms with van der Waals surface area (Å²) in [6, 6.07) is 13.2. The van der Waals surface area contributed by atoms with Crippen LogP contribution < -0.4 is 20.1 Å². The molecule has 1 amide bonds. The third-order valence-corrected chi connectivity index (χ3v) is 5.58. The van der Waals surface area contributed by atoms with E-state index in [0.29, 0.717) is 24.2 Å². The van der Waals surface area contributed by atoms with Gasteiger partial charge in [0.2, 0.25) is 12.7 Å². The Morgan fingerprint density at radius 2 is 1.83 bits per heavy atom. The molecule has 0 radical (unpaired) electrons. The molecule has 150 valence electrons. The highest BCUT2D eigenvalue weighted by Crippen LogP contribution is 2.32. The second-order valence-electron chi connectivity index (χ2n) is 7.42. The Hall–Kier alpha value is -3.26. The third-order valence-electron chi connectivity index (χ3n) is 5.58. The molecule has 0 saturated carbocycles. The Labute approximate surface area is 166 Å². The summed E-state index contributed by atoms with van der Waals surface area (Å²) in [6.45, 7) is 4.23. The first-order valence-corrected chi connectivity index (χ1v) is 9.75. The molecule has 29 heavy (non-hydrogen) atoms. The van der Waals surface area contributed by atoms with Gasteiger partial charge in [0.1, 0.15) is 13.1 Å². The van der Waals surface area contributed by atoms with Gasteiger partial charge in [0, 0.05) is 5.56 Å². The molecule has 2 aromatic carbocycles. The van der Waals surface area contributed by atoms with E-state index in [0.717, 1.165) is 31.1 Å². The van der Waals surface area contributed by atoms with E-state index in [2.05, 4.69) is 6.07 Å². The first-order valence-electron chi connectivity index (χ1n) is 9.75. The van der Waals surface area contributed by atoms with Crippen molar-refractivity contribution in [2.24, 2.45) is 0 Å². The molecule has 8 heteroatoms. The minimum Gasteiger partial charge on any atom is -0.454 e. The molecule has 3 heterocycles. The number of fused-ring (bicyclic) bond motifs is 2. The number of aromatic nitrogens is 1. The predicted molar refractivity (Wildman–Crippen MR) is 104 cm³/mol. The zero-order chi connectivity index (χ0) is 19.8. The molecule has 5 rings (SSSR count). The van der Waals surface area contributed by atoms with Crippen LogP contribution in [0.5, 0.6) is 11.5 Å². The smallest absolute Gasteiger partial charge is 0.420 e. The summed E-state index contributed by atoms with van der Waals surface area (Å²) in [5.74, 6) is 1.04. The average Bonchev–Trinajstić information content (AvgIpc) is 3.32. The number of oxazole rings is 1. The lowest BCUT2D eigenvalue weighted by atomic mass is 10.1. The van der Waals surface area contributed by atoms with E-state index in [4.69, 9.17) is 13.9 Å². The van der Waals surface area contributed by atoms with E-state index in [1.165, 1.54) is 15.0 Å². The molecular weight excluding hydrogens is 374 g/mol. The van der Waals surface area contributed by atoms with Crippen molar-refractivity contribution in [2.75, 3.05) is 33.0 Å². The Morgan fingerprint density at radius 1 is 1.03 bits per heavy atom. The molecule has 2 aliphatic heterocycles. The number of benzene rings is 2. The predicted octanol–water partition coefficient (Wildman–Crippen LogP) is 0.251. The van der Waals surface area contributed by atoms with Crippen molar-refractivity contribution < 1.29 is 23.6 Å². The number of amides is 1. The van der Waals surface area contributed by atoms with Crippen molar-refractivity contribution in [1.29, 1.82) is 0 Å². The number of ether oxygens (including phenoxy) is 2. The Kier molecular flexibility index (Phi) is 4.48. The summed E-state index contributed by atoms with van der Waals surface area (Å²) in [4.78, 5) is 28.1. The van der Waals surface area contributed by atoms with Crippen LogP contribution in [-0.2, 0) is 17.9 Å². The van der Waals surface area contributed by atoms with E-state index >= 15 is 0 Å². The van der Waals surface area contributed by atoms with Gasteiger partial charge < -0.3 is 23.7 Å². The van der Waals surface area contributed by atoms with Crippen molar-refractivity contribution in [3.8, 4) is 11.5 Å². The molecular formula is C21H22N3O5+. The highest BCUT2D eigenvalue weighted by Gasteiger charge is 2.25. The maximum atomic E-state index is 12.7. The maximum Gasteiger partial charge on any atom is 0.420 e. The van der Waals surface area contributed by atoms with Crippen molar-refractivity contribution in [1.82, 2.24) is 9.47 Å². The minimum absolute atomic E-state index is 0.00728. The van der Waals surface area contributed by atoms with E-state index in [-0.39, 0.29) is 19.2 Å². The molecule has 8 nitrogen and oxygen atoms in total. The van der Waals surface area contributed by atoms with Gasteiger partial charge >= 0.3 is 5.76 Å². The van der Waals surface area contributed by atoms with Gasteiger partial charge in [-0.3, -0.25) is 9.36 Å². The summed E-state index contributed by atoms with van der Waals surface area (Å²) >= 11 is 0. The quantitative estimate of drug-likeness (QED) is 0.684. The number of quaternary nitrogens is 1. The van der Waals surface area contributed by atoms with Crippen molar-refractivity contribution >= 4 is 17.0 Å². The lowest BCUT2D eigenvalue weighted by Crippen LogP contribution is -3.13. The van der Waals surface area contributed by atoms with Crippen LogP contribution in [0.4, 0.5) is 0 Å².